The molecule has 0 saturated carbocycles. The van der Waals surface area contributed by atoms with Crippen molar-refractivity contribution in [3.05, 3.63) is 29.3 Å². The Hall–Kier alpha value is -1.55. The molecule has 0 bridgehead atoms. The first-order valence-electron chi connectivity index (χ1n) is 4.98. The largest absolute Gasteiger partial charge is 0.497 e. The Kier molecular flexibility index (Phi) is 4.31. The first-order chi connectivity index (χ1) is 7.58. The van der Waals surface area contributed by atoms with Crippen LogP contribution in [0.4, 0.5) is 0 Å². The summed E-state index contributed by atoms with van der Waals surface area (Å²) < 4.78 is 9.52. The minimum Gasteiger partial charge on any atom is -0.497 e. The number of aliphatic hydroxyl groups is 1. The van der Waals surface area contributed by atoms with Crippen molar-refractivity contribution in [3.63, 3.8) is 0 Å². The van der Waals surface area contributed by atoms with Gasteiger partial charge in [0.05, 0.1) is 14.2 Å². The van der Waals surface area contributed by atoms with Crippen LogP contribution in [0.2, 0.25) is 0 Å². The van der Waals surface area contributed by atoms with Crippen molar-refractivity contribution in [2.75, 3.05) is 14.2 Å². The minimum atomic E-state index is -1.11. The van der Waals surface area contributed by atoms with Gasteiger partial charge in [-0.3, -0.25) is 0 Å². The number of hydrogen-bond acceptors (Lipinski definition) is 4. The Morgan fingerprint density at radius 1 is 1.44 bits per heavy atom. The molecule has 0 fully saturated rings. The van der Waals surface area contributed by atoms with Gasteiger partial charge in [-0.05, 0) is 30.2 Å². The van der Waals surface area contributed by atoms with Crippen molar-refractivity contribution in [2.45, 2.75) is 19.4 Å². The lowest BCUT2D eigenvalue weighted by molar-refractivity contribution is -0.150. The van der Waals surface area contributed by atoms with Crippen LogP contribution in [0.1, 0.15) is 11.1 Å². The van der Waals surface area contributed by atoms with E-state index in [2.05, 4.69) is 4.74 Å². The van der Waals surface area contributed by atoms with Gasteiger partial charge in [-0.2, -0.15) is 0 Å². The SMILES string of the molecule is COC(=O)C(O)Cc1ccc(OC)cc1C. The molecule has 1 unspecified atom stereocenters. The van der Waals surface area contributed by atoms with Crippen molar-refractivity contribution in [2.24, 2.45) is 0 Å². The Morgan fingerprint density at radius 3 is 2.62 bits per heavy atom. The third kappa shape index (κ3) is 2.97. The van der Waals surface area contributed by atoms with E-state index in [0.717, 1.165) is 16.9 Å². The number of methoxy groups -OCH3 is 2. The van der Waals surface area contributed by atoms with E-state index in [-0.39, 0.29) is 6.42 Å². The minimum absolute atomic E-state index is 0.252. The van der Waals surface area contributed by atoms with Gasteiger partial charge in [-0.25, -0.2) is 4.79 Å². The fourth-order valence-corrected chi connectivity index (χ4v) is 1.45. The highest BCUT2D eigenvalue weighted by atomic mass is 16.5. The quantitative estimate of drug-likeness (QED) is 0.777. The smallest absolute Gasteiger partial charge is 0.335 e. The van der Waals surface area contributed by atoms with Crippen LogP contribution in [0.5, 0.6) is 5.75 Å². The van der Waals surface area contributed by atoms with Crippen LogP contribution in [0, 0.1) is 6.92 Å². The molecule has 16 heavy (non-hydrogen) atoms. The van der Waals surface area contributed by atoms with Gasteiger partial charge in [-0.1, -0.05) is 6.07 Å². The van der Waals surface area contributed by atoms with Crippen molar-refractivity contribution in [1.82, 2.24) is 0 Å². The highest BCUT2D eigenvalue weighted by molar-refractivity contribution is 5.74. The molecule has 0 amide bonds. The maximum atomic E-state index is 11.1. The van der Waals surface area contributed by atoms with E-state index < -0.39 is 12.1 Å². The van der Waals surface area contributed by atoms with Crippen LogP contribution in [-0.4, -0.2) is 31.4 Å². The molecule has 1 aromatic carbocycles. The highest BCUT2D eigenvalue weighted by Gasteiger charge is 2.16. The molecule has 0 aromatic heterocycles. The van der Waals surface area contributed by atoms with Gasteiger partial charge >= 0.3 is 5.97 Å². The fraction of sp³-hybridized carbons (Fsp3) is 0.417. The zero-order valence-electron chi connectivity index (χ0n) is 9.69. The van der Waals surface area contributed by atoms with E-state index >= 15 is 0 Å². The average molecular weight is 224 g/mol. The number of benzene rings is 1. The Labute approximate surface area is 94.8 Å². The summed E-state index contributed by atoms with van der Waals surface area (Å²) in [5.74, 6) is 0.143. The molecule has 0 aliphatic carbocycles. The molecule has 1 N–H and O–H groups in total. The summed E-state index contributed by atoms with van der Waals surface area (Å²) in [7, 11) is 2.85. The van der Waals surface area contributed by atoms with Gasteiger partial charge in [0, 0.05) is 6.42 Å². The van der Waals surface area contributed by atoms with E-state index in [9.17, 15) is 9.90 Å². The predicted octanol–water partition coefficient (Wildman–Crippen LogP) is 1.08. The zero-order chi connectivity index (χ0) is 12.1. The molecular weight excluding hydrogens is 208 g/mol. The Morgan fingerprint density at radius 2 is 2.12 bits per heavy atom. The molecular formula is C12H16O4. The summed E-state index contributed by atoms with van der Waals surface area (Å²) in [5, 5.41) is 9.52. The monoisotopic (exact) mass is 224 g/mol. The maximum absolute atomic E-state index is 11.1. The van der Waals surface area contributed by atoms with Crippen LogP contribution in [-0.2, 0) is 16.0 Å². The molecule has 0 heterocycles. The van der Waals surface area contributed by atoms with Crippen LogP contribution < -0.4 is 4.74 Å². The second kappa shape index (κ2) is 5.51. The molecule has 0 saturated heterocycles. The van der Waals surface area contributed by atoms with E-state index in [4.69, 9.17) is 4.74 Å². The highest BCUT2D eigenvalue weighted by Crippen LogP contribution is 2.18. The summed E-state index contributed by atoms with van der Waals surface area (Å²) in [5.41, 5.74) is 1.88. The number of esters is 1. The number of carbonyl (C=O) groups excluding carboxylic acids is 1. The lowest BCUT2D eigenvalue weighted by atomic mass is 10.0. The Bertz CT molecular complexity index is 373. The average Bonchev–Trinajstić information content (AvgIpc) is 2.30. The number of rotatable bonds is 4. The number of aryl methyl sites for hydroxylation is 1. The second-order valence-corrected chi connectivity index (χ2v) is 3.54. The van der Waals surface area contributed by atoms with E-state index in [1.165, 1.54) is 7.11 Å². The van der Waals surface area contributed by atoms with E-state index in [1.54, 1.807) is 13.2 Å². The topological polar surface area (TPSA) is 55.8 Å². The molecule has 0 aliphatic heterocycles. The third-order valence-corrected chi connectivity index (χ3v) is 2.44. The van der Waals surface area contributed by atoms with Crippen molar-refractivity contribution >= 4 is 5.97 Å². The van der Waals surface area contributed by atoms with Crippen LogP contribution in [0.15, 0.2) is 18.2 Å². The number of hydrogen-bond donors (Lipinski definition) is 1. The summed E-state index contributed by atoms with van der Waals surface area (Å²) >= 11 is 0. The number of ether oxygens (including phenoxy) is 2. The molecule has 0 aliphatic rings. The number of carbonyl (C=O) groups is 1. The summed E-state index contributed by atoms with van der Waals surface area (Å²) in [4.78, 5) is 11.1. The standard InChI is InChI=1S/C12H16O4/c1-8-6-10(15-2)5-4-9(8)7-11(13)12(14)16-3/h4-6,11,13H,7H2,1-3H3. The van der Waals surface area contributed by atoms with E-state index in [0.29, 0.717) is 0 Å². The first-order valence-corrected chi connectivity index (χ1v) is 4.98. The van der Waals surface area contributed by atoms with Crippen molar-refractivity contribution in [1.29, 1.82) is 0 Å². The molecule has 4 nitrogen and oxygen atoms in total. The Balaban J connectivity index is 2.78. The van der Waals surface area contributed by atoms with E-state index in [1.807, 2.05) is 19.1 Å². The van der Waals surface area contributed by atoms with Crippen LogP contribution in [0.25, 0.3) is 0 Å². The van der Waals surface area contributed by atoms with Crippen molar-refractivity contribution in [3.8, 4) is 5.75 Å². The molecule has 1 rings (SSSR count). The normalized spacial score (nSPS) is 12.0. The molecule has 0 radical (unpaired) electrons. The molecule has 1 atom stereocenters. The van der Waals surface area contributed by atoms with Crippen LogP contribution >= 0.6 is 0 Å². The summed E-state index contributed by atoms with van der Waals surface area (Å²) in [6.07, 6.45) is -0.861. The molecule has 88 valence electrons. The fourth-order valence-electron chi connectivity index (χ4n) is 1.45. The third-order valence-electron chi connectivity index (χ3n) is 2.44. The van der Waals surface area contributed by atoms with Crippen LogP contribution in [0.3, 0.4) is 0 Å². The molecule has 1 aromatic rings. The molecule has 4 heteroatoms. The van der Waals surface area contributed by atoms with Gasteiger partial charge in [0.25, 0.3) is 0 Å². The molecule has 0 spiro atoms. The maximum Gasteiger partial charge on any atom is 0.335 e. The lowest BCUT2D eigenvalue weighted by Gasteiger charge is -2.11. The van der Waals surface area contributed by atoms with Gasteiger partial charge in [0.15, 0.2) is 6.10 Å². The van der Waals surface area contributed by atoms with Gasteiger partial charge in [-0.15, -0.1) is 0 Å². The van der Waals surface area contributed by atoms with Crippen molar-refractivity contribution < 1.29 is 19.4 Å². The number of aliphatic hydroxyl groups excluding tert-OH is 1. The van der Waals surface area contributed by atoms with Gasteiger partial charge < -0.3 is 14.6 Å². The zero-order valence-corrected chi connectivity index (χ0v) is 9.69. The first kappa shape index (κ1) is 12.5. The predicted molar refractivity (Wildman–Crippen MR) is 59.5 cm³/mol. The lowest BCUT2D eigenvalue weighted by Crippen LogP contribution is -2.24. The van der Waals surface area contributed by atoms with Gasteiger partial charge in [0.2, 0.25) is 0 Å². The second-order valence-electron chi connectivity index (χ2n) is 3.54. The summed E-state index contributed by atoms with van der Waals surface area (Å²) in [6, 6.07) is 5.49. The van der Waals surface area contributed by atoms with Gasteiger partial charge in [0.1, 0.15) is 5.75 Å². The summed E-state index contributed by atoms with van der Waals surface area (Å²) in [6.45, 7) is 1.90.